The third-order valence-corrected chi connectivity index (χ3v) is 5.13. The Morgan fingerprint density at radius 1 is 1.19 bits per heavy atom. The Labute approximate surface area is 185 Å². The lowest BCUT2D eigenvalue weighted by Gasteiger charge is -2.28. The number of aromatic nitrogens is 1. The van der Waals surface area contributed by atoms with Crippen LogP contribution in [0, 0.1) is 3.57 Å². The number of hydrogen-bond acceptors (Lipinski definition) is 4. The number of halogens is 3. The van der Waals surface area contributed by atoms with Crippen molar-refractivity contribution < 1.29 is 9.90 Å². The summed E-state index contributed by atoms with van der Waals surface area (Å²) in [5.74, 6) is -0.0348. The number of aliphatic hydroxyl groups excluding tert-OH is 1. The first-order valence-corrected chi connectivity index (χ1v) is 9.57. The molecule has 1 aliphatic rings. The van der Waals surface area contributed by atoms with Gasteiger partial charge in [-0.2, -0.15) is 0 Å². The minimum Gasteiger partial charge on any atom is -0.386 e. The SMILES string of the molecule is Cl.Cl.O=C(C(NCc1cccc(I)c1)C(O)c1ccncc1)N1CCCC1. The second-order valence-electron chi connectivity index (χ2n) is 6.25. The molecular weight excluding hydrogens is 500 g/mol. The normalized spacial score (nSPS) is 15.4. The van der Waals surface area contributed by atoms with E-state index >= 15 is 0 Å². The number of amides is 1. The van der Waals surface area contributed by atoms with Crippen LogP contribution >= 0.6 is 47.4 Å². The molecule has 1 aromatic carbocycles. The Bertz CT molecular complexity index is 715. The van der Waals surface area contributed by atoms with E-state index < -0.39 is 12.1 Å². The maximum Gasteiger partial charge on any atom is 0.242 e. The second kappa shape index (κ2) is 11.8. The summed E-state index contributed by atoms with van der Waals surface area (Å²) in [6.07, 6.45) is 4.42. The van der Waals surface area contributed by atoms with Gasteiger partial charge in [0.15, 0.2) is 0 Å². The van der Waals surface area contributed by atoms with Crippen molar-refractivity contribution in [3.8, 4) is 0 Å². The van der Waals surface area contributed by atoms with Gasteiger partial charge in [-0.15, -0.1) is 24.8 Å². The first kappa shape index (κ1) is 24.1. The molecule has 2 unspecified atom stereocenters. The van der Waals surface area contributed by atoms with E-state index in [4.69, 9.17) is 0 Å². The fourth-order valence-electron chi connectivity index (χ4n) is 3.10. The van der Waals surface area contributed by atoms with Gasteiger partial charge in [0, 0.05) is 35.6 Å². The molecule has 2 atom stereocenters. The number of carbonyl (C=O) groups excluding carboxylic acids is 1. The second-order valence-corrected chi connectivity index (χ2v) is 7.49. The Balaban J connectivity index is 0.00000182. The molecular formula is C19H24Cl2IN3O2. The molecule has 1 amide bonds. The van der Waals surface area contributed by atoms with Crippen LogP contribution in [-0.2, 0) is 11.3 Å². The molecule has 0 bridgehead atoms. The summed E-state index contributed by atoms with van der Waals surface area (Å²) in [6.45, 7) is 2.07. The van der Waals surface area contributed by atoms with Crippen molar-refractivity contribution in [2.45, 2.75) is 31.5 Å². The molecule has 2 heterocycles. The number of benzene rings is 1. The molecule has 5 nitrogen and oxygen atoms in total. The standard InChI is InChI=1S/C19H22IN3O2.2ClH/c20-16-5-3-4-14(12-16)13-22-17(19(25)23-10-1-2-11-23)18(24)15-6-8-21-9-7-15;;/h3-9,12,17-18,22,24H,1-2,10-11,13H2;2*1H. The summed E-state index contributed by atoms with van der Waals surface area (Å²) in [5.41, 5.74) is 1.79. The van der Waals surface area contributed by atoms with Crippen LogP contribution in [-0.4, -0.2) is 40.0 Å². The third kappa shape index (κ3) is 6.57. The third-order valence-electron chi connectivity index (χ3n) is 4.46. The van der Waals surface area contributed by atoms with Crippen molar-refractivity contribution in [1.82, 2.24) is 15.2 Å². The molecule has 0 saturated carbocycles. The highest BCUT2D eigenvalue weighted by Gasteiger charge is 2.32. The highest BCUT2D eigenvalue weighted by Crippen LogP contribution is 2.20. The topological polar surface area (TPSA) is 65.5 Å². The van der Waals surface area contributed by atoms with E-state index in [1.807, 2.05) is 23.1 Å². The van der Waals surface area contributed by atoms with Gasteiger partial charge >= 0.3 is 0 Å². The molecule has 0 radical (unpaired) electrons. The van der Waals surface area contributed by atoms with E-state index in [1.165, 1.54) is 0 Å². The fraction of sp³-hybridized carbons (Fsp3) is 0.368. The van der Waals surface area contributed by atoms with Gasteiger partial charge in [-0.3, -0.25) is 15.1 Å². The highest BCUT2D eigenvalue weighted by atomic mass is 127. The smallest absolute Gasteiger partial charge is 0.242 e. The summed E-state index contributed by atoms with van der Waals surface area (Å²) in [7, 11) is 0. The molecule has 0 spiro atoms. The first-order chi connectivity index (χ1) is 12.1. The molecule has 2 N–H and O–H groups in total. The van der Waals surface area contributed by atoms with E-state index in [-0.39, 0.29) is 30.7 Å². The lowest BCUT2D eigenvalue weighted by atomic mass is 10.0. The van der Waals surface area contributed by atoms with Crippen LogP contribution < -0.4 is 5.32 Å². The predicted molar refractivity (Wildman–Crippen MR) is 119 cm³/mol. The lowest BCUT2D eigenvalue weighted by Crippen LogP contribution is -2.48. The number of aliphatic hydroxyl groups is 1. The molecule has 27 heavy (non-hydrogen) atoms. The molecule has 1 aliphatic heterocycles. The minimum absolute atomic E-state index is 0. The quantitative estimate of drug-likeness (QED) is 0.570. The Kier molecular flexibility index (Phi) is 10.5. The summed E-state index contributed by atoms with van der Waals surface area (Å²) < 4.78 is 1.15. The van der Waals surface area contributed by atoms with Gasteiger partial charge in [0.25, 0.3) is 0 Å². The summed E-state index contributed by atoms with van der Waals surface area (Å²) in [4.78, 5) is 18.8. The van der Waals surface area contributed by atoms with E-state index in [0.29, 0.717) is 12.1 Å². The van der Waals surface area contributed by atoms with Gasteiger partial charge in [0.2, 0.25) is 5.91 Å². The molecule has 2 aromatic rings. The van der Waals surface area contributed by atoms with Crippen molar-refractivity contribution >= 4 is 53.3 Å². The molecule has 148 valence electrons. The zero-order valence-electron chi connectivity index (χ0n) is 14.8. The van der Waals surface area contributed by atoms with Crippen LogP contribution in [0.25, 0.3) is 0 Å². The summed E-state index contributed by atoms with van der Waals surface area (Å²) in [5, 5.41) is 14.1. The average molecular weight is 524 g/mol. The van der Waals surface area contributed by atoms with Crippen LogP contribution in [0.5, 0.6) is 0 Å². The zero-order chi connectivity index (χ0) is 17.6. The molecule has 1 fully saturated rings. The van der Waals surface area contributed by atoms with Crippen molar-refractivity contribution in [3.05, 3.63) is 63.5 Å². The Morgan fingerprint density at radius 2 is 1.85 bits per heavy atom. The van der Waals surface area contributed by atoms with Gasteiger partial charge < -0.3 is 10.0 Å². The van der Waals surface area contributed by atoms with Gasteiger partial charge in [-0.05, 0) is 70.8 Å². The number of hydrogen-bond donors (Lipinski definition) is 2. The number of likely N-dealkylation sites (tertiary alicyclic amines) is 1. The molecule has 8 heteroatoms. The van der Waals surface area contributed by atoms with Crippen LogP contribution in [0.2, 0.25) is 0 Å². The van der Waals surface area contributed by atoms with Crippen LogP contribution in [0.1, 0.15) is 30.1 Å². The van der Waals surface area contributed by atoms with Crippen molar-refractivity contribution in [2.24, 2.45) is 0 Å². The predicted octanol–water partition coefficient (Wildman–Crippen LogP) is 3.34. The van der Waals surface area contributed by atoms with Crippen molar-refractivity contribution in [3.63, 3.8) is 0 Å². The first-order valence-electron chi connectivity index (χ1n) is 8.50. The van der Waals surface area contributed by atoms with Gasteiger partial charge in [0.1, 0.15) is 12.1 Å². The largest absolute Gasteiger partial charge is 0.386 e. The minimum atomic E-state index is -0.904. The monoisotopic (exact) mass is 523 g/mol. The number of nitrogens with one attached hydrogen (secondary N) is 1. The number of nitrogens with zero attached hydrogens (tertiary/aromatic N) is 2. The van der Waals surface area contributed by atoms with Crippen molar-refractivity contribution in [2.75, 3.05) is 13.1 Å². The molecule has 3 rings (SSSR count). The van der Waals surface area contributed by atoms with Gasteiger partial charge in [0.05, 0.1) is 0 Å². The Hall–Kier alpha value is -0.930. The zero-order valence-corrected chi connectivity index (χ0v) is 18.5. The molecule has 0 aliphatic carbocycles. The van der Waals surface area contributed by atoms with E-state index in [0.717, 1.165) is 35.1 Å². The molecule has 1 aromatic heterocycles. The highest BCUT2D eigenvalue weighted by molar-refractivity contribution is 14.1. The van der Waals surface area contributed by atoms with Crippen LogP contribution in [0.15, 0.2) is 48.8 Å². The van der Waals surface area contributed by atoms with E-state index in [9.17, 15) is 9.90 Å². The Morgan fingerprint density at radius 3 is 2.48 bits per heavy atom. The average Bonchev–Trinajstić information content (AvgIpc) is 3.17. The maximum atomic E-state index is 12.9. The summed E-state index contributed by atoms with van der Waals surface area (Å²) in [6, 6.07) is 11.0. The lowest BCUT2D eigenvalue weighted by molar-refractivity contribution is -0.135. The molecule has 1 saturated heterocycles. The number of carbonyl (C=O) groups is 1. The fourth-order valence-corrected chi connectivity index (χ4v) is 3.70. The van der Waals surface area contributed by atoms with E-state index in [1.54, 1.807) is 24.5 Å². The number of rotatable bonds is 6. The van der Waals surface area contributed by atoms with E-state index in [2.05, 4.69) is 39.0 Å². The van der Waals surface area contributed by atoms with Gasteiger partial charge in [-0.25, -0.2) is 0 Å². The maximum absolute atomic E-state index is 12.9. The number of pyridine rings is 1. The van der Waals surface area contributed by atoms with Crippen molar-refractivity contribution in [1.29, 1.82) is 0 Å². The van der Waals surface area contributed by atoms with Crippen LogP contribution in [0.4, 0.5) is 0 Å². The van der Waals surface area contributed by atoms with Crippen LogP contribution in [0.3, 0.4) is 0 Å². The van der Waals surface area contributed by atoms with Gasteiger partial charge in [-0.1, -0.05) is 12.1 Å². The summed E-state index contributed by atoms with van der Waals surface area (Å²) >= 11 is 2.27.